The van der Waals surface area contributed by atoms with E-state index in [-0.39, 0.29) is 18.1 Å². The van der Waals surface area contributed by atoms with E-state index in [1.807, 2.05) is 6.79 Å². The van der Waals surface area contributed by atoms with Gasteiger partial charge in [0.1, 0.15) is 6.79 Å². The van der Waals surface area contributed by atoms with Gasteiger partial charge in [0.25, 0.3) is 0 Å². The SMILES string of the molecule is C=O.O=[N+]([O-])CCc1ccc(CO)cc1.c1ccc(CCCCNCc2ccccc2)cc1. The van der Waals surface area contributed by atoms with Gasteiger partial charge in [0.15, 0.2) is 0 Å². The Bertz CT molecular complexity index is 828. The molecule has 176 valence electrons. The summed E-state index contributed by atoms with van der Waals surface area (Å²) in [5.41, 5.74) is 4.56. The number of aliphatic hydroxyl groups excluding tert-OH is 1. The Kier molecular flexibility index (Phi) is 15.3. The largest absolute Gasteiger partial charge is 0.392 e. The molecule has 6 heteroatoms. The van der Waals surface area contributed by atoms with Crippen LogP contribution in [-0.4, -0.2) is 29.9 Å². The van der Waals surface area contributed by atoms with Crippen LogP contribution < -0.4 is 5.32 Å². The van der Waals surface area contributed by atoms with Crippen molar-refractivity contribution in [1.29, 1.82) is 0 Å². The first-order valence-electron chi connectivity index (χ1n) is 11.1. The Morgan fingerprint density at radius 2 is 1.24 bits per heavy atom. The maximum atomic E-state index is 10.1. The summed E-state index contributed by atoms with van der Waals surface area (Å²) < 4.78 is 0. The van der Waals surface area contributed by atoms with Crippen LogP contribution in [0.3, 0.4) is 0 Å². The molecule has 0 unspecified atom stereocenters. The first kappa shape index (κ1) is 27.7. The molecule has 0 aliphatic heterocycles. The minimum absolute atomic E-state index is 0.00944. The number of benzene rings is 3. The van der Waals surface area contributed by atoms with Gasteiger partial charge in [-0.2, -0.15) is 0 Å². The molecule has 0 aromatic heterocycles. The zero-order valence-electron chi connectivity index (χ0n) is 19.1. The fourth-order valence-corrected chi connectivity index (χ4v) is 3.08. The molecule has 0 aliphatic rings. The lowest BCUT2D eigenvalue weighted by atomic mass is 10.1. The first-order chi connectivity index (χ1) is 16.2. The van der Waals surface area contributed by atoms with E-state index in [1.165, 1.54) is 30.4 Å². The summed E-state index contributed by atoms with van der Waals surface area (Å²) in [5, 5.41) is 22.3. The Morgan fingerprint density at radius 3 is 1.79 bits per heavy atom. The Morgan fingerprint density at radius 1 is 0.727 bits per heavy atom. The molecule has 0 fully saturated rings. The van der Waals surface area contributed by atoms with Crippen molar-refractivity contribution in [3.8, 4) is 0 Å². The monoisotopic (exact) mass is 450 g/mol. The lowest BCUT2D eigenvalue weighted by Gasteiger charge is -2.05. The Labute approximate surface area is 196 Å². The fraction of sp³-hybridized carbons (Fsp3) is 0.296. The van der Waals surface area contributed by atoms with E-state index >= 15 is 0 Å². The third-order valence-corrected chi connectivity index (χ3v) is 4.87. The smallest absolute Gasteiger partial charge is 0.207 e. The third kappa shape index (κ3) is 13.6. The van der Waals surface area contributed by atoms with E-state index in [4.69, 9.17) is 9.90 Å². The second-order valence-corrected chi connectivity index (χ2v) is 7.39. The molecule has 3 aromatic carbocycles. The first-order valence-corrected chi connectivity index (χ1v) is 11.1. The summed E-state index contributed by atoms with van der Waals surface area (Å²) in [6, 6.07) is 28.4. The Hall–Kier alpha value is -3.35. The van der Waals surface area contributed by atoms with Gasteiger partial charge in [0.2, 0.25) is 6.54 Å². The average molecular weight is 451 g/mol. The van der Waals surface area contributed by atoms with E-state index in [9.17, 15) is 10.1 Å². The molecule has 0 saturated carbocycles. The van der Waals surface area contributed by atoms with Gasteiger partial charge in [-0.05, 0) is 48.1 Å². The van der Waals surface area contributed by atoms with Crippen molar-refractivity contribution < 1.29 is 14.8 Å². The van der Waals surface area contributed by atoms with E-state index in [1.54, 1.807) is 24.3 Å². The van der Waals surface area contributed by atoms with Gasteiger partial charge in [0, 0.05) is 17.9 Å². The van der Waals surface area contributed by atoms with Crippen molar-refractivity contribution >= 4 is 6.79 Å². The summed E-state index contributed by atoms with van der Waals surface area (Å²) >= 11 is 0. The number of nitrogens with one attached hydrogen (secondary N) is 1. The van der Waals surface area contributed by atoms with E-state index in [0.717, 1.165) is 24.2 Å². The topological polar surface area (TPSA) is 92.5 Å². The molecule has 2 N–H and O–H groups in total. The van der Waals surface area contributed by atoms with E-state index in [2.05, 4.69) is 66.0 Å². The standard InChI is InChI=1S/C17H21N.C9H11NO3.CH2O/c1-3-9-16(10-4-1)11-7-8-14-18-15-17-12-5-2-6-13-17;11-7-9-3-1-8(2-4-9)5-6-10(12)13;1-2/h1-6,9-10,12-13,18H,7-8,11,14-15H2;1-4,11H,5-7H2;1H2. The van der Waals surface area contributed by atoms with Gasteiger partial charge in [-0.1, -0.05) is 84.9 Å². The van der Waals surface area contributed by atoms with Crippen LogP contribution in [-0.2, 0) is 30.8 Å². The van der Waals surface area contributed by atoms with Crippen LogP contribution >= 0.6 is 0 Å². The summed E-state index contributed by atoms with van der Waals surface area (Å²) in [6.45, 7) is 4.04. The number of aryl methyl sites for hydroxylation is 1. The number of rotatable bonds is 11. The van der Waals surface area contributed by atoms with Crippen molar-refractivity contribution in [2.24, 2.45) is 0 Å². The van der Waals surface area contributed by atoms with Crippen molar-refractivity contribution in [3.63, 3.8) is 0 Å². The highest BCUT2D eigenvalue weighted by Crippen LogP contribution is 2.05. The van der Waals surface area contributed by atoms with Crippen molar-refractivity contribution in [2.75, 3.05) is 13.1 Å². The number of nitrogens with zero attached hydrogens (tertiary/aromatic N) is 1. The number of unbranched alkanes of at least 4 members (excludes halogenated alkanes) is 1. The molecule has 3 aromatic rings. The zero-order valence-corrected chi connectivity index (χ0v) is 19.1. The minimum atomic E-state index is -0.333. The normalized spacial score (nSPS) is 9.73. The minimum Gasteiger partial charge on any atom is -0.392 e. The van der Waals surface area contributed by atoms with Crippen LogP contribution in [0, 0.1) is 10.1 Å². The summed E-state index contributed by atoms with van der Waals surface area (Å²) in [7, 11) is 0. The lowest BCUT2D eigenvalue weighted by molar-refractivity contribution is -0.479. The molecule has 0 amide bonds. The molecule has 0 radical (unpaired) electrons. The molecule has 6 nitrogen and oxygen atoms in total. The summed E-state index contributed by atoms with van der Waals surface area (Å²) in [6.07, 6.45) is 4.13. The summed E-state index contributed by atoms with van der Waals surface area (Å²) in [4.78, 5) is 17.7. The fourth-order valence-electron chi connectivity index (χ4n) is 3.08. The molecule has 3 rings (SSSR count). The van der Waals surface area contributed by atoms with Crippen LogP contribution in [0.15, 0.2) is 84.9 Å². The van der Waals surface area contributed by atoms with Crippen LogP contribution in [0.5, 0.6) is 0 Å². The highest BCUT2D eigenvalue weighted by Gasteiger charge is 1.99. The molecule has 0 spiro atoms. The molecule has 0 bridgehead atoms. The van der Waals surface area contributed by atoms with Crippen molar-refractivity contribution in [2.45, 2.75) is 38.8 Å². The van der Waals surface area contributed by atoms with Gasteiger partial charge in [-0.15, -0.1) is 0 Å². The van der Waals surface area contributed by atoms with Crippen LogP contribution in [0.2, 0.25) is 0 Å². The zero-order chi connectivity index (χ0) is 24.2. The molecule has 0 heterocycles. The second-order valence-electron chi connectivity index (χ2n) is 7.39. The van der Waals surface area contributed by atoms with Crippen LogP contribution in [0.25, 0.3) is 0 Å². The van der Waals surface area contributed by atoms with Crippen LogP contribution in [0.1, 0.15) is 35.1 Å². The van der Waals surface area contributed by atoms with Gasteiger partial charge >= 0.3 is 0 Å². The molecule has 33 heavy (non-hydrogen) atoms. The predicted octanol–water partition coefficient (Wildman–Crippen LogP) is 4.61. The molecular weight excluding hydrogens is 416 g/mol. The van der Waals surface area contributed by atoms with Gasteiger partial charge in [0.05, 0.1) is 6.61 Å². The quantitative estimate of drug-likeness (QED) is 0.253. The predicted molar refractivity (Wildman–Crippen MR) is 133 cm³/mol. The number of hydrogen-bond donors (Lipinski definition) is 2. The van der Waals surface area contributed by atoms with Gasteiger partial charge in [-0.3, -0.25) is 10.1 Å². The number of aliphatic hydroxyl groups is 1. The van der Waals surface area contributed by atoms with E-state index in [0.29, 0.717) is 6.42 Å². The lowest BCUT2D eigenvalue weighted by Crippen LogP contribution is -2.14. The summed E-state index contributed by atoms with van der Waals surface area (Å²) in [5.74, 6) is 0. The van der Waals surface area contributed by atoms with E-state index < -0.39 is 0 Å². The highest BCUT2D eigenvalue weighted by atomic mass is 16.6. The molecule has 0 atom stereocenters. The molecule has 0 aliphatic carbocycles. The maximum absolute atomic E-state index is 10.1. The second kappa shape index (κ2) is 18.2. The molecule has 0 saturated heterocycles. The number of carbonyl (C=O) groups is 1. The van der Waals surface area contributed by atoms with Crippen molar-refractivity contribution in [1.82, 2.24) is 5.32 Å². The average Bonchev–Trinajstić information content (AvgIpc) is 2.88. The number of carbonyl (C=O) groups excluding carboxylic acids is 1. The number of hydrogen-bond acceptors (Lipinski definition) is 5. The van der Waals surface area contributed by atoms with Crippen molar-refractivity contribution in [3.05, 3.63) is 117 Å². The third-order valence-electron chi connectivity index (χ3n) is 4.87. The number of nitro groups is 1. The van der Waals surface area contributed by atoms with Crippen LogP contribution in [0.4, 0.5) is 0 Å². The highest BCUT2D eigenvalue weighted by molar-refractivity contribution is 5.22. The van der Waals surface area contributed by atoms with Gasteiger partial charge in [-0.25, -0.2) is 0 Å². The van der Waals surface area contributed by atoms with Gasteiger partial charge < -0.3 is 15.2 Å². The molecular formula is C27H34N2O4. The Balaban J connectivity index is 0.000000322. The maximum Gasteiger partial charge on any atom is 0.207 e.